The number of hydrogen-bond donors (Lipinski definition) is 1. The van der Waals surface area contributed by atoms with Crippen molar-refractivity contribution in [3.8, 4) is 0 Å². The molecule has 0 bridgehead atoms. The number of carbonyl (C=O) groups excluding carboxylic acids is 2. The minimum atomic E-state index is -4.27. The highest BCUT2D eigenvalue weighted by molar-refractivity contribution is 7.47. The molecule has 2 atom stereocenters. The van der Waals surface area contributed by atoms with Crippen molar-refractivity contribution in [3.05, 3.63) is 48.6 Å². The van der Waals surface area contributed by atoms with E-state index in [2.05, 4.69) is 67.0 Å². The molecule has 0 radical (unpaired) electrons. The number of rotatable bonds is 40. The van der Waals surface area contributed by atoms with E-state index in [1.807, 2.05) is 0 Å². The third-order valence-electron chi connectivity index (χ3n) is 9.34. The van der Waals surface area contributed by atoms with E-state index in [1.165, 1.54) is 109 Å². The lowest BCUT2D eigenvalue weighted by Gasteiger charge is -2.19. The van der Waals surface area contributed by atoms with E-state index < -0.39 is 26.5 Å². The fourth-order valence-electron chi connectivity index (χ4n) is 6.00. The van der Waals surface area contributed by atoms with Crippen molar-refractivity contribution in [3.63, 3.8) is 0 Å². The van der Waals surface area contributed by atoms with Crippen LogP contribution in [0.2, 0.25) is 0 Å². The largest absolute Gasteiger partial charge is 0.472 e. The highest BCUT2D eigenvalue weighted by atomic mass is 31.2. The van der Waals surface area contributed by atoms with Crippen LogP contribution in [0.4, 0.5) is 0 Å². The molecule has 0 saturated heterocycles. The van der Waals surface area contributed by atoms with Crippen LogP contribution in [0.3, 0.4) is 0 Å². The number of ether oxygens (including phenoxy) is 2. The average molecular weight is 781 g/mol. The molecule has 0 heterocycles. The lowest BCUT2D eigenvalue weighted by atomic mass is 10.0. The van der Waals surface area contributed by atoms with Gasteiger partial charge in [0, 0.05) is 20.0 Å². The Kier molecular flexibility index (Phi) is 39.2. The van der Waals surface area contributed by atoms with Gasteiger partial charge in [-0.1, -0.05) is 184 Å². The van der Waals surface area contributed by atoms with E-state index in [0.717, 1.165) is 64.9 Å². The van der Waals surface area contributed by atoms with Crippen LogP contribution in [0.15, 0.2) is 48.6 Å². The summed E-state index contributed by atoms with van der Waals surface area (Å²) in [5.74, 6) is -0.848. The lowest BCUT2D eigenvalue weighted by molar-refractivity contribution is -0.161. The first-order chi connectivity index (χ1) is 26.3. The van der Waals surface area contributed by atoms with Gasteiger partial charge in [0.05, 0.1) is 6.61 Å². The summed E-state index contributed by atoms with van der Waals surface area (Å²) in [6, 6.07) is 0. The van der Waals surface area contributed by atoms with Gasteiger partial charge in [0.2, 0.25) is 0 Å². The lowest BCUT2D eigenvalue weighted by Crippen LogP contribution is -2.29. The summed E-state index contributed by atoms with van der Waals surface area (Å²) >= 11 is 0. The van der Waals surface area contributed by atoms with Crippen molar-refractivity contribution in [1.29, 1.82) is 0 Å². The van der Waals surface area contributed by atoms with E-state index in [4.69, 9.17) is 14.0 Å². The first-order valence-corrected chi connectivity index (χ1v) is 23.3. The molecule has 0 aliphatic rings. The number of esters is 2. The Bertz CT molecular complexity index is 1020. The average Bonchev–Trinajstić information content (AvgIpc) is 3.16. The Labute approximate surface area is 331 Å². The maximum Gasteiger partial charge on any atom is 0.472 e. The van der Waals surface area contributed by atoms with Crippen molar-refractivity contribution in [2.75, 3.05) is 20.3 Å². The summed E-state index contributed by atoms with van der Waals surface area (Å²) in [4.78, 5) is 34.5. The fraction of sp³-hybridized carbons (Fsp3) is 0.778. The topological polar surface area (TPSA) is 108 Å². The summed E-state index contributed by atoms with van der Waals surface area (Å²) in [7, 11) is -3.22. The summed E-state index contributed by atoms with van der Waals surface area (Å²) in [6.45, 7) is 3.75. The van der Waals surface area contributed by atoms with Crippen LogP contribution < -0.4 is 0 Å². The van der Waals surface area contributed by atoms with Crippen molar-refractivity contribution in [2.24, 2.45) is 0 Å². The molecule has 1 N–H and O–H groups in total. The summed E-state index contributed by atoms with van der Waals surface area (Å²) < 4.78 is 31.9. The zero-order chi connectivity index (χ0) is 39.6. The zero-order valence-electron chi connectivity index (χ0n) is 34.9. The molecule has 8 nitrogen and oxygen atoms in total. The van der Waals surface area contributed by atoms with Crippen LogP contribution in [0, 0.1) is 0 Å². The third kappa shape index (κ3) is 39.7. The molecular formula is C45H81O8P. The van der Waals surface area contributed by atoms with Gasteiger partial charge in [0.1, 0.15) is 6.61 Å². The normalized spacial score (nSPS) is 13.8. The molecular weight excluding hydrogens is 699 g/mol. The molecule has 0 spiro atoms. The van der Waals surface area contributed by atoms with Crippen LogP contribution in [-0.2, 0) is 32.7 Å². The van der Waals surface area contributed by atoms with E-state index in [-0.39, 0.29) is 25.4 Å². The summed E-state index contributed by atoms with van der Waals surface area (Å²) in [6.07, 6.45) is 48.9. The molecule has 0 rings (SSSR count). The zero-order valence-corrected chi connectivity index (χ0v) is 35.8. The number of unbranched alkanes of at least 4 members (excludes halogenated alkanes) is 21. The second-order valence-electron chi connectivity index (χ2n) is 14.5. The van der Waals surface area contributed by atoms with Crippen LogP contribution in [0.1, 0.15) is 200 Å². The molecule has 0 aromatic heterocycles. The molecule has 9 heteroatoms. The van der Waals surface area contributed by atoms with Gasteiger partial charge >= 0.3 is 19.8 Å². The maximum atomic E-state index is 12.5. The molecule has 314 valence electrons. The first kappa shape index (κ1) is 52.0. The maximum absolute atomic E-state index is 12.5. The number of phosphoric ester groups is 1. The SMILES string of the molecule is CC/C=C\C/C=C\C/C=C\C/C=C\CCCCC(=O)OC(COC(=O)CCCCCCCCCCCCCCCCCCCCCC)COP(=O)(O)OC. The Balaban J connectivity index is 3.99. The van der Waals surface area contributed by atoms with Gasteiger partial charge in [-0.3, -0.25) is 18.6 Å². The number of carbonyl (C=O) groups is 2. The molecule has 2 unspecified atom stereocenters. The van der Waals surface area contributed by atoms with Crippen molar-refractivity contribution in [1.82, 2.24) is 0 Å². The number of hydrogen-bond acceptors (Lipinski definition) is 7. The minimum Gasteiger partial charge on any atom is -0.462 e. The summed E-state index contributed by atoms with van der Waals surface area (Å²) in [5.41, 5.74) is 0. The van der Waals surface area contributed by atoms with Crippen LogP contribution in [-0.4, -0.2) is 43.3 Å². The molecule has 54 heavy (non-hydrogen) atoms. The molecule has 0 fully saturated rings. The smallest absolute Gasteiger partial charge is 0.462 e. The van der Waals surface area contributed by atoms with Gasteiger partial charge in [-0.2, -0.15) is 0 Å². The molecule has 0 aliphatic carbocycles. The van der Waals surface area contributed by atoms with Crippen LogP contribution in [0.5, 0.6) is 0 Å². The van der Waals surface area contributed by atoms with Gasteiger partial charge in [-0.05, 0) is 51.4 Å². The van der Waals surface area contributed by atoms with Gasteiger partial charge in [-0.15, -0.1) is 0 Å². The second-order valence-corrected chi connectivity index (χ2v) is 16.0. The van der Waals surface area contributed by atoms with Gasteiger partial charge in [0.15, 0.2) is 6.10 Å². The predicted molar refractivity (Wildman–Crippen MR) is 225 cm³/mol. The third-order valence-corrected chi connectivity index (χ3v) is 10.3. The van der Waals surface area contributed by atoms with E-state index in [9.17, 15) is 19.0 Å². The fourth-order valence-corrected chi connectivity index (χ4v) is 6.46. The number of phosphoric acid groups is 1. The molecule has 0 aromatic carbocycles. The molecule has 0 aliphatic heterocycles. The first-order valence-electron chi connectivity index (χ1n) is 21.8. The monoisotopic (exact) mass is 781 g/mol. The highest BCUT2D eigenvalue weighted by Gasteiger charge is 2.24. The van der Waals surface area contributed by atoms with E-state index in [1.54, 1.807) is 0 Å². The van der Waals surface area contributed by atoms with Crippen LogP contribution >= 0.6 is 7.82 Å². The molecule has 0 saturated carbocycles. The minimum absolute atomic E-state index is 0.193. The molecule has 0 amide bonds. The van der Waals surface area contributed by atoms with Crippen LogP contribution in [0.25, 0.3) is 0 Å². The Morgan fingerprint density at radius 1 is 0.537 bits per heavy atom. The van der Waals surface area contributed by atoms with Gasteiger partial charge < -0.3 is 14.4 Å². The second kappa shape index (κ2) is 40.7. The standard InChI is InChI=1S/C45H81O8P/c1-4-6-8-10-12-14-16-18-20-21-22-23-24-26-27-29-31-33-35-37-39-44(46)51-41-43(42-52-54(48,49)50-3)53-45(47)40-38-36-34-32-30-28-25-19-17-15-13-11-9-7-5-2/h7,9,13,15,19,25,30,32,43H,4-6,8,10-12,14,16-18,20-24,26-29,31,33-42H2,1-3H3,(H,48,49)/b9-7-,15-13-,25-19-,32-30-. The Morgan fingerprint density at radius 2 is 0.944 bits per heavy atom. The Hall–Kier alpha value is -1.99. The van der Waals surface area contributed by atoms with E-state index in [0.29, 0.717) is 6.42 Å². The van der Waals surface area contributed by atoms with Gasteiger partial charge in [0.25, 0.3) is 0 Å². The quantitative estimate of drug-likeness (QED) is 0.0283. The van der Waals surface area contributed by atoms with Crippen molar-refractivity contribution in [2.45, 2.75) is 206 Å². The van der Waals surface area contributed by atoms with Gasteiger partial charge in [-0.25, -0.2) is 4.57 Å². The Morgan fingerprint density at radius 3 is 1.41 bits per heavy atom. The highest BCUT2D eigenvalue weighted by Crippen LogP contribution is 2.42. The predicted octanol–water partition coefficient (Wildman–Crippen LogP) is 13.8. The summed E-state index contributed by atoms with van der Waals surface area (Å²) in [5, 5.41) is 0. The van der Waals surface area contributed by atoms with Crippen molar-refractivity contribution < 1.29 is 37.6 Å². The van der Waals surface area contributed by atoms with E-state index >= 15 is 0 Å². The number of allylic oxidation sites excluding steroid dienone is 8. The van der Waals surface area contributed by atoms with Crippen molar-refractivity contribution >= 4 is 19.8 Å². The molecule has 0 aromatic rings.